The Morgan fingerprint density at radius 1 is 1.30 bits per heavy atom. The zero-order chi connectivity index (χ0) is 14.5. The molecule has 110 valence electrons. The van der Waals surface area contributed by atoms with E-state index in [1.165, 1.54) is 17.1 Å². The number of hydrogen-bond acceptors (Lipinski definition) is 3. The normalized spacial score (nSPS) is 21.9. The lowest BCUT2D eigenvalue weighted by Gasteiger charge is -2.17. The van der Waals surface area contributed by atoms with Crippen molar-refractivity contribution in [3.63, 3.8) is 0 Å². The summed E-state index contributed by atoms with van der Waals surface area (Å²) in [6.07, 6.45) is 5.09. The second kappa shape index (κ2) is 7.05. The predicted octanol–water partition coefficient (Wildman–Crippen LogP) is 0.911. The van der Waals surface area contributed by atoms with Crippen molar-refractivity contribution in [3.8, 4) is 0 Å². The van der Waals surface area contributed by atoms with Gasteiger partial charge >= 0.3 is 6.03 Å². The lowest BCUT2D eigenvalue weighted by Crippen LogP contribution is -2.39. The highest BCUT2D eigenvalue weighted by Crippen LogP contribution is 2.16. The van der Waals surface area contributed by atoms with Crippen LogP contribution in [-0.4, -0.2) is 57.7 Å². The lowest BCUT2D eigenvalue weighted by atomic mass is 10.3. The van der Waals surface area contributed by atoms with Crippen molar-refractivity contribution < 1.29 is 14.4 Å². The number of nitrogens with one attached hydrogen (secondary N) is 1. The van der Waals surface area contributed by atoms with Crippen molar-refractivity contribution in [2.45, 2.75) is 23.2 Å². The summed E-state index contributed by atoms with van der Waals surface area (Å²) in [5.74, 6) is -0.492. The summed E-state index contributed by atoms with van der Waals surface area (Å²) in [5.41, 5.74) is 0. The fraction of sp³-hybridized carbons (Fsp3) is 0.615. The molecule has 1 atom stereocenters. The molecule has 20 heavy (non-hydrogen) atoms. The summed E-state index contributed by atoms with van der Waals surface area (Å²) in [6.45, 7) is 2.63. The van der Waals surface area contributed by atoms with Gasteiger partial charge in [0.15, 0.2) is 0 Å². The molecule has 1 N–H and O–H groups in total. The second-order valence-electron chi connectivity index (χ2n) is 4.93. The van der Waals surface area contributed by atoms with Gasteiger partial charge in [0.1, 0.15) is 0 Å². The summed E-state index contributed by atoms with van der Waals surface area (Å²) >= 11 is 2.36. The molecule has 0 aliphatic carbocycles. The molecule has 0 aromatic heterocycles. The Bertz CT molecular complexity index is 421. The Morgan fingerprint density at radius 2 is 2.00 bits per heavy atom. The van der Waals surface area contributed by atoms with Crippen LogP contribution >= 0.6 is 22.6 Å². The van der Waals surface area contributed by atoms with E-state index in [-0.39, 0.29) is 17.8 Å². The number of unbranched alkanes of at least 4 members (excludes halogenated alkanes) is 1. The van der Waals surface area contributed by atoms with Crippen LogP contribution < -0.4 is 5.32 Å². The molecule has 1 saturated heterocycles. The smallest absolute Gasteiger partial charge is 0.317 e. The van der Waals surface area contributed by atoms with E-state index in [4.69, 9.17) is 0 Å². The van der Waals surface area contributed by atoms with E-state index >= 15 is 0 Å². The summed E-state index contributed by atoms with van der Waals surface area (Å²) in [7, 11) is 0. The first-order valence-electron chi connectivity index (χ1n) is 6.78. The maximum atomic E-state index is 11.8. The maximum Gasteiger partial charge on any atom is 0.317 e. The zero-order valence-corrected chi connectivity index (χ0v) is 13.3. The number of carbonyl (C=O) groups excluding carboxylic acids is 3. The molecular weight excluding hydrogens is 373 g/mol. The van der Waals surface area contributed by atoms with Crippen LogP contribution in [0.15, 0.2) is 12.2 Å². The molecule has 1 fully saturated rings. The molecule has 7 heteroatoms. The Labute approximate surface area is 131 Å². The van der Waals surface area contributed by atoms with Crippen LogP contribution in [0.4, 0.5) is 4.79 Å². The van der Waals surface area contributed by atoms with E-state index in [0.717, 1.165) is 25.9 Å². The average molecular weight is 391 g/mol. The monoisotopic (exact) mass is 391 g/mol. The maximum absolute atomic E-state index is 11.8. The zero-order valence-electron chi connectivity index (χ0n) is 11.2. The van der Waals surface area contributed by atoms with Crippen LogP contribution in [0.1, 0.15) is 19.3 Å². The minimum absolute atomic E-state index is 0.0147. The molecule has 0 bridgehead atoms. The van der Waals surface area contributed by atoms with Crippen molar-refractivity contribution in [3.05, 3.63) is 12.2 Å². The first-order valence-corrected chi connectivity index (χ1v) is 8.03. The highest BCUT2D eigenvalue weighted by Gasteiger charge is 2.24. The van der Waals surface area contributed by atoms with Gasteiger partial charge in [0, 0.05) is 42.3 Å². The van der Waals surface area contributed by atoms with Crippen LogP contribution in [0.3, 0.4) is 0 Å². The Balaban J connectivity index is 1.57. The van der Waals surface area contributed by atoms with Crippen LogP contribution in [-0.2, 0) is 9.59 Å². The quantitative estimate of drug-likeness (QED) is 0.328. The van der Waals surface area contributed by atoms with Crippen molar-refractivity contribution >= 4 is 40.4 Å². The van der Waals surface area contributed by atoms with E-state index in [2.05, 4.69) is 27.9 Å². The molecule has 0 spiro atoms. The number of carbonyl (C=O) groups is 3. The van der Waals surface area contributed by atoms with Gasteiger partial charge in [-0.3, -0.25) is 14.5 Å². The van der Waals surface area contributed by atoms with E-state index in [0.29, 0.717) is 23.4 Å². The summed E-state index contributed by atoms with van der Waals surface area (Å²) in [4.78, 5) is 37.5. The number of nitrogens with zero attached hydrogens (tertiary/aromatic N) is 2. The van der Waals surface area contributed by atoms with Crippen LogP contribution in [0.5, 0.6) is 0 Å². The standard InChI is InChI=1S/C13H18IN3O3/c14-10-5-8-16(9-10)13(20)15-6-1-2-7-17-11(18)3-4-12(17)19/h3-4,10H,1-2,5-9H2,(H,15,20). The first-order chi connectivity index (χ1) is 9.58. The van der Waals surface area contributed by atoms with Crippen molar-refractivity contribution in [1.29, 1.82) is 0 Å². The largest absolute Gasteiger partial charge is 0.338 e. The Kier molecular flexibility index (Phi) is 5.38. The first kappa shape index (κ1) is 15.3. The fourth-order valence-corrected chi connectivity index (χ4v) is 3.01. The number of alkyl halides is 1. The lowest BCUT2D eigenvalue weighted by molar-refractivity contribution is -0.136. The highest BCUT2D eigenvalue weighted by molar-refractivity contribution is 14.1. The molecule has 4 amide bonds. The van der Waals surface area contributed by atoms with Gasteiger partial charge in [0.2, 0.25) is 0 Å². The number of halogens is 1. The second-order valence-corrected chi connectivity index (χ2v) is 6.69. The molecule has 1 unspecified atom stereocenters. The van der Waals surface area contributed by atoms with Gasteiger partial charge in [-0.1, -0.05) is 22.6 Å². The molecule has 0 aromatic carbocycles. The number of urea groups is 1. The summed E-state index contributed by atoms with van der Waals surface area (Å²) < 4.78 is 0.554. The molecular formula is C13H18IN3O3. The van der Waals surface area contributed by atoms with Crippen molar-refractivity contribution in [1.82, 2.24) is 15.1 Å². The van der Waals surface area contributed by atoms with Crippen molar-refractivity contribution in [2.75, 3.05) is 26.2 Å². The minimum atomic E-state index is -0.246. The van der Waals surface area contributed by atoms with Gasteiger partial charge in [-0.25, -0.2) is 4.79 Å². The van der Waals surface area contributed by atoms with Gasteiger partial charge in [-0.15, -0.1) is 0 Å². The number of amides is 4. The van der Waals surface area contributed by atoms with Gasteiger partial charge in [-0.2, -0.15) is 0 Å². The molecule has 0 radical (unpaired) electrons. The highest BCUT2D eigenvalue weighted by atomic mass is 127. The number of rotatable bonds is 5. The Morgan fingerprint density at radius 3 is 2.60 bits per heavy atom. The average Bonchev–Trinajstić information content (AvgIpc) is 2.98. The Hall–Kier alpha value is -1.12. The minimum Gasteiger partial charge on any atom is -0.338 e. The molecule has 2 aliphatic rings. The van der Waals surface area contributed by atoms with Crippen LogP contribution in [0.25, 0.3) is 0 Å². The number of likely N-dealkylation sites (tertiary alicyclic amines) is 1. The topological polar surface area (TPSA) is 69.7 Å². The predicted molar refractivity (Wildman–Crippen MR) is 82.5 cm³/mol. The van der Waals surface area contributed by atoms with Crippen LogP contribution in [0.2, 0.25) is 0 Å². The molecule has 0 saturated carbocycles. The fourth-order valence-electron chi connectivity index (χ4n) is 2.26. The summed E-state index contributed by atoms with van der Waals surface area (Å²) in [6, 6.07) is -0.0147. The van der Waals surface area contributed by atoms with Gasteiger partial charge in [0.05, 0.1) is 0 Å². The molecule has 0 aromatic rings. The third kappa shape index (κ3) is 3.94. The molecule has 2 aliphatic heterocycles. The third-order valence-electron chi connectivity index (χ3n) is 3.40. The van der Waals surface area contributed by atoms with Gasteiger partial charge < -0.3 is 10.2 Å². The SMILES string of the molecule is O=C(NCCCCN1C(=O)C=CC1=O)N1CCC(I)C1. The van der Waals surface area contributed by atoms with E-state index in [1.54, 1.807) is 0 Å². The van der Waals surface area contributed by atoms with E-state index < -0.39 is 0 Å². The summed E-state index contributed by atoms with van der Waals surface area (Å²) in [5, 5.41) is 2.87. The molecule has 2 heterocycles. The number of hydrogen-bond donors (Lipinski definition) is 1. The van der Waals surface area contributed by atoms with Crippen LogP contribution in [0, 0.1) is 0 Å². The van der Waals surface area contributed by atoms with E-state index in [9.17, 15) is 14.4 Å². The number of imide groups is 1. The molecule has 6 nitrogen and oxygen atoms in total. The molecule has 2 rings (SSSR count). The van der Waals surface area contributed by atoms with E-state index in [1.807, 2.05) is 4.90 Å². The van der Waals surface area contributed by atoms with Gasteiger partial charge in [-0.05, 0) is 19.3 Å². The van der Waals surface area contributed by atoms with Gasteiger partial charge in [0.25, 0.3) is 11.8 Å². The third-order valence-corrected chi connectivity index (χ3v) is 4.42. The van der Waals surface area contributed by atoms with Crippen molar-refractivity contribution in [2.24, 2.45) is 0 Å².